The van der Waals surface area contributed by atoms with Crippen molar-refractivity contribution in [2.24, 2.45) is 5.41 Å². The highest BCUT2D eigenvalue weighted by Crippen LogP contribution is 2.65. The Labute approximate surface area is 186 Å². The molecule has 2 aromatic heterocycles. The number of fused-ring (bicyclic) bond motifs is 1. The largest absolute Gasteiger partial charge is 0.355 e. The fourth-order valence-electron chi connectivity index (χ4n) is 4.62. The molecule has 1 aromatic carbocycles. The maximum Gasteiger partial charge on any atom is 0.251 e. The van der Waals surface area contributed by atoms with Gasteiger partial charge in [0.25, 0.3) is 5.92 Å². The molecule has 6 nitrogen and oxygen atoms in total. The number of benzene rings is 1. The summed E-state index contributed by atoms with van der Waals surface area (Å²) in [6, 6.07) is 9.63. The number of aromatic amines is 1. The zero-order chi connectivity index (χ0) is 22.8. The fourth-order valence-corrected chi connectivity index (χ4v) is 4.62. The van der Waals surface area contributed by atoms with Crippen LogP contribution in [0.15, 0.2) is 48.9 Å². The average Bonchev–Trinajstić information content (AvgIpc) is 3.47. The molecule has 2 heterocycles. The van der Waals surface area contributed by atoms with E-state index < -0.39 is 17.3 Å². The van der Waals surface area contributed by atoms with Crippen molar-refractivity contribution < 1.29 is 13.6 Å². The predicted molar refractivity (Wildman–Crippen MR) is 120 cm³/mol. The summed E-state index contributed by atoms with van der Waals surface area (Å²) < 4.78 is 29.0. The first-order valence-electron chi connectivity index (χ1n) is 11.0. The van der Waals surface area contributed by atoms with Crippen LogP contribution in [0.2, 0.25) is 0 Å². The molecule has 32 heavy (non-hydrogen) atoms. The molecule has 2 atom stereocenters. The van der Waals surface area contributed by atoms with Gasteiger partial charge in [-0.15, -0.1) is 0 Å². The molecule has 3 aromatic rings. The van der Waals surface area contributed by atoms with Gasteiger partial charge in [-0.2, -0.15) is 5.10 Å². The van der Waals surface area contributed by atoms with Gasteiger partial charge in [0.2, 0.25) is 5.91 Å². The van der Waals surface area contributed by atoms with Crippen LogP contribution in [-0.4, -0.2) is 46.6 Å². The van der Waals surface area contributed by atoms with E-state index in [1.165, 1.54) is 0 Å². The lowest BCUT2D eigenvalue weighted by atomic mass is 9.77. The van der Waals surface area contributed by atoms with Gasteiger partial charge in [0.15, 0.2) is 0 Å². The number of hydrogen-bond acceptors (Lipinski definition) is 4. The van der Waals surface area contributed by atoms with Crippen molar-refractivity contribution in [1.82, 2.24) is 25.8 Å². The van der Waals surface area contributed by atoms with E-state index in [1.54, 1.807) is 30.7 Å². The van der Waals surface area contributed by atoms with Gasteiger partial charge >= 0.3 is 0 Å². The highest BCUT2D eigenvalue weighted by atomic mass is 19.3. The average molecular weight is 442 g/mol. The third kappa shape index (κ3) is 4.65. The topological polar surface area (TPSA) is 82.7 Å². The van der Waals surface area contributed by atoms with E-state index in [-0.39, 0.29) is 18.4 Å². The lowest BCUT2D eigenvalue weighted by Gasteiger charge is -2.32. The lowest BCUT2D eigenvalue weighted by Crippen LogP contribution is -2.42. The summed E-state index contributed by atoms with van der Waals surface area (Å²) in [5.41, 5.74) is 1.63. The van der Waals surface area contributed by atoms with Crippen LogP contribution in [0, 0.1) is 5.41 Å². The van der Waals surface area contributed by atoms with Gasteiger partial charge in [0.1, 0.15) is 0 Å². The Morgan fingerprint density at radius 3 is 2.75 bits per heavy atom. The highest BCUT2D eigenvalue weighted by Gasteiger charge is 2.63. The van der Waals surface area contributed by atoms with Gasteiger partial charge in [-0.25, -0.2) is 8.78 Å². The van der Waals surface area contributed by atoms with Crippen LogP contribution < -0.4 is 10.6 Å². The number of carbonyl (C=O) groups is 1. The normalized spacial score (nSPS) is 17.1. The number of nitrogens with one attached hydrogen (secondary N) is 3. The molecule has 4 rings (SSSR count). The molecule has 8 heteroatoms. The van der Waals surface area contributed by atoms with E-state index in [2.05, 4.69) is 31.9 Å². The second kappa shape index (κ2) is 8.94. The quantitative estimate of drug-likeness (QED) is 0.447. The van der Waals surface area contributed by atoms with Gasteiger partial charge in [0, 0.05) is 48.1 Å². The molecule has 0 unspecified atom stereocenters. The summed E-state index contributed by atoms with van der Waals surface area (Å²) in [6.45, 7) is 1.38. The second-order valence-corrected chi connectivity index (χ2v) is 8.87. The number of aromatic nitrogens is 3. The van der Waals surface area contributed by atoms with Crippen molar-refractivity contribution in [3.63, 3.8) is 0 Å². The van der Waals surface area contributed by atoms with E-state index in [0.29, 0.717) is 24.9 Å². The fraction of sp³-hybridized carbons (Fsp3) is 0.458. The summed E-state index contributed by atoms with van der Waals surface area (Å²) in [7, 11) is 1.85. The number of halogens is 2. The van der Waals surface area contributed by atoms with Crippen LogP contribution in [0.1, 0.15) is 43.2 Å². The van der Waals surface area contributed by atoms with E-state index in [4.69, 9.17) is 0 Å². The van der Waals surface area contributed by atoms with Crippen molar-refractivity contribution in [3.8, 4) is 0 Å². The minimum Gasteiger partial charge on any atom is -0.355 e. The minimum atomic E-state index is -2.85. The standard InChI is InChI=1S/C24H29F2N5O/c1-23(25,26)24(7-8-24)20(17-4-3-9-28-13-17)12-22(32)29-15-19(27-2)11-16-5-6-21-18(10-16)14-30-31-21/h3-6,9-10,13-14,19-20,27H,7-8,11-12,15H2,1-2H3,(H,29,32)(H,30,31)/t19-,20+/m0/s1. The summed E-state index contributed by atoms with van der Waals surface area (Å²) in [5.74, 6) is -3.64. The Morgan fingerprint density at radius 2 is 2.09 bits per heavy atom. The van der Waals surface area contributed by atoms with Crippen molar-refractivity contribution in [2.45, 2.75) is 50.5 Å². The monoisotopic (exact) mass is 441 g/mol. The molecular weight excluding hydrogens is 412 g/mol. The molecule has 0 bridgehead atoms. The number of nitrogens with zero attached hydrogens (tertiary/aromatic N) is 2. The van der Waals surface area contributed by atoms with Crippen molar-refractivity contribution in [2.75, 3.05) is 13.6 Å². The van der Waals surface area contributed by atoms with Gasteiger partial charge < -0.3 is 10.6 Å². The Hall–Kier alpha value is -2.87. The van der Waals surface area contributed by atoms with Crippen LogP contribution >= 0.6 is 0 Å². The number of hydrogen-bond donors (Lipinski definition) is 3. The smallest absolute Gasteiger partial charge is 0.251 e. The Balaban J connectivity index is 1.40. The van der Waals surface area contributed by atoms with Gasteiger partial charge in [0.05, 0.1) is 11.7 Å². The summed E-state index contributed by atoms with van der Waals surface area (Å²) >= 11 is 0. The van der Waals surface area contributed by atoms with Crippen LogP contribution in [0.5, 0.6) is 0 Å². The number of carbonyl (C=O) groups excluding carboxylic acids is 1. The lowest BCUT2D eigenvalue weighted by molar-refractivity contribution is -0.123. The summed E-state index contributed by atoms with van der Waals surface area (Å²) in [4.78, 5) is 16.9. The molecular formula is C24H29F2N5O. The van der Waals surface area contributed by atoms with Crippen molar-refractivity contribution in [1.29, 1.82) is 0 Å². The Morgan fingerprint density at radius 1 is 1.28 bits per heavy atom. The molecule has 0 aliphatic heterocycles. The summed E-state index contributed by atoms with van der Waals surface area (Å²) in [6.07, 6.45) is 6.57. The molecule has 3 N–H and O–H groups in total. The Kier molecular flexibility index (Phi) is 6.24. The number of pyridine rings is 1. The third-order valence-corrected chi connectivity index (χ3v) is 6.75. The molecule has 1 amide bonds. The SMILES string of the molecule is CN[C@H](CNC(=O)C[C@H](c1cccnc1)C1(C(C)(F)F)CC1)Cc1ccc2[nH]ncc2c1. The molecule has 0 radical (unpaired) electrons. The molecule has 1 aliphatic rings. The van der Waals surface area contributed by atoms with Gasteiger partial charge in [-0.3, -0.25) is 14.9 Å². The van der Waals surface area contributed by atoms with E-state index >= 15 is 0 Å². The van der Waals surface area contributed by atoms with E-state index in [9.17, 15) is 13.6 Å². The van der Waals surface area contributed by atoms with Crippen molar-refractivity contribution >= 4 is 16.8 Å². The number of rotatable bonds is 10. The molecule has 1 fully saturated rings. The molecule has 170 valence electrons. The number of alkyl halides is 2. The minimum absolute atomic E-state index is 0.0163. The highest BCUT2D eigenvalue weighted by molar-refractivity contribution is 5.78. The van der Waals surface area contributed by atoms with Gasteiger partial charge in [-0.1, -0.05) is 12.1 Å². The zero-order valence-corrected chi connectivity index (χ0v) is 18.4. The third-order valence-electron chi connectivity index (χ3n) is 6.75. The van der Waals surface area contributed by atoms with E-state index in [1.807, 2.05) is 19.2 Å². The van der Waals surface area contributed by atoms with Crippen LogP contribution in [0.25, 0.3) is 10.9 Å². The first-order valence-corrected chi connectivity index (χ1v) is 11.0. The molecule has 0 saturated heterocycles. The molecule has 1 saturated carbocycles. The first-order chi connectivity index (χ1) is 15.3. The van der Waals surface area contributed by atoms with Crippen LogP contribution in [0.3, 0.4) is 0 Å². The number of H-pyrrole nitrogens is 1. The number of likely N-dealkylation sites (N-methyl/N-ethyl adjacent to an activating group) is 1. The van der Waals surface area contributed by atoms with Crippen LogP contribution in [0.4, 0.5) is 8.78 Å². The van der Waals surface area contributed by atoms with E-state index in [0.717, 1.165) is 29.8 Å². The maximum atomic E-state index is 14.5. The first kappa shape index (κ1) is 22.3. The van der Waals surface area contributed by atoms with Gasteiger partial charge in [-0.05, 0) is 62.6 Å². The molecule has 0 spiro atoms. The Bertz CT molecular complexity index is 1060. The zero-order valence-electron chi connectivity index (χ0n) is 18.4. The predicted octanol–water partition coefficient (Wildman–Crippen LogP) is 3.81. The summed E-state index contributed by atoms with van der Waals surface area (Å²) in [5, 5.41) is 14.2. The number of amides is 1. The molecule has 1 aliphatic carbocycles. The maximum absolute atomic E-state index is 14.5. The second-order valence-electron chi connectivity index (χ2n) is 8.87. The van der Waals surface area contributed by atoms with Crippen LogP contribution in [-0.2, 0) is 11.2 Å². The van der Waals surface area contributed by atoms with Crippen molar-refractivity contribution in [3.05, 3.63) is 60.0 Å².